The summed E-state index contributed by atoms with van der Waals surface area (Å²) in [7, 11) is 0. The molecule has 7 nitrogen and oxygen atoms in total. The van der Waals surface area contributed by atoms with Crippen LogP contribution in [0.4, 0.5) is 5.69 Å². The summed E-state index contributed by atoms with van der Waals surface area (Å²) >= 11 is 1.11. The van der Waals surface area contributed by atoms with Crippen molar-refractivity contribution in [3.05, 3.63) is 29.3 Å². The van der Waals surface area contributed by atoms with Crippen LogP contribution in [0.3, 0.4) is 0 Å². The highest BCUT2D eigenvalue weighted by Gasteiger charge is 2.61. The minimum atomic E-state index is -1.31. The number of anilines is 1. The van der Waals surface area contributed by atoms with Crippen LogP contribution in [0.5, 0.6) is 0 Å². The van der Waals surface area contributed by atoms with Gasteiger partial charge in [0, 0.05) is 26.0 Å². The molecule has 1 spiro atoms. The largest absolute Gasteiger partial charge is 0.309 e. The van der Waals surface area contributed by atoms with Gasteiger partial charge in [-0.3, -0.25) is 14.4 Å². The maximum Gasteiger partial charge on any atom is 0.270 e. The van der Waals surface area contributed by atoms with Crippen LogP contribution in [-0.4, -0.2) is 34.4 Å². The Labute approximate surface area is 156 Å². The molecule has 3 rings (SSSR count). The number of hydrogen-bond donors (Lipinski definition) is 1. The fraction of sp³-hybridized carbons (Fsp3) is 0.444. The Morgan fingerprint density at radius 2 is 2.00 bits per heavy atom. The first-order valence-corrected chi connectivity index (χ1v) is 9.27. The van der Waals surface area contributed by atoms with E-state index in [4.69, 9.17) is 0 Å². The van der Waals surface area contributed by atoms with Gasteiger partial charge in [0.15, 0.2) is 5.17 Å². The van der Waals surface area contributed by atoms with E-state index in [-0.39, 0.29) is 28.8 Å². The molecule has 0 fully saturated rings. The van der Waals surface area contributed by atoms with E-state index in [1.165, 1.54) is 18.9 Å². The number of hydrogen-bond acceptors (Lipinski definition) is 5. The van der Waals surface area contributed by atoms with Gasteiger partial charge in [0.25, 0.3) is 5.91 Å². The summed E-state index contributed by atoms with van der Waals surface area (Å²) in [5.41, 5.74) is 2.50. The Bertz CT molecular complexity index is 836. The summed E-state index contributed by atoms with van der Waals surface area (Å²) in [5, 5.41) is 8.30. The SMILES string of the molecule is CC(=O)NC1=NN(C(C)=O)[C@]2(S1)C(=O)N(CC(C)C)c1ccc(C)cc12. The summed E-state index contributed by atoms with van der Waals surface area (Å²) in [6.07, 6.45) is 0. The fourth-order valence-corrected chi connectivity index (χ4v) is 4.60. The summed E-state index contributed by atoms with van der Waals surface area (Å²) < 4.78 is 0. The number of nitrogens with one attached hydrogen (secondary N) is 1. The van der Waals surface area contributed by atoms with Crippen molar-refractivity contribution in [3.8, 4) is 0 Å². The maximum absolute atomic E-state index is 13.5. The van der Waals surface area contributed by atoms with Crippen LogP contribution in [0.15, 0.2) is 23.3 Å². The van der Waals surface area contributed by atoms with E-state index in [0.29, 0.717) is 6.54 Å². The topological polar surface area (TPSA) is 82.1 Å². The standard InChI is InChI=1S/C18H22N4O3S/c1-10(2)9-21-15-7-6-11(3)8-14(15)18(16(21)25)22(13(5)24)20-17(26-18)19-12(4)23/h6-8,10H,9H2,1-5H3,(H,19,20,23)/t18-/m1/s1. The Kier molecular flexibility index (Phi) is 4.56. The quantitative estimate of drug-likeness (QED) is 0.860. The molecule has 3 amide bonds. The molecular formula is C18H22N4O3S. The lowest BCUT2D eigenvalue weighted by molar-refractivity contribution is -0.139. The Hall–Kier alpha value is -2.35. The third-order valence-corrected chi connectivity index (χ3v) is 5.45. The number of rotatable bonds is 2. The van der Waals surface area contributed by atoms with Gasteiger partial charge in [0.2, 0.25) is 16.7 Å². The van der Waals surface area contributed by atoms with Crippen molar-refractivity contribution in [2.24, 2.45) is 11.0 Å². The lowest BCUT2D eigenvalue weighted by atomic mass is 10.0. The van der Waals surface area contributed by atoms with E-state index in [1.807, 2.05) is 39.0 Å². The molecular weight excluding hydrogens is 352 g/mol. The molecule has 0 aromatic heterocycles. The second-order valence-electron chi connectivity index (χ2n) is 6.99. The van der Waals surface area contributed by atoms with Crippen molar-refractivity contribution in [3.63, 3.8) is 0 Å². The van der Waals surface area contributed by atoms with E-state index in [1.54, 1.807) is 4.90 Å². The molecule has 0 saturated carbocycles. The number of benzene rings is 1. The van der Waals surface area contributed by atoms with Crippen LogP contribution in [0.2, 0.25) is 0 Å². The number of amides is 3. The first-order valence-electron chi connectivity index (χ1n) is 8.46. The van der Waals surface area contributed by atoms with E-state index in [9.17, 15) is 14.4 Å². The summed E-state index contributed by atoms with van der Waals surface area (Å²) in [4.78, 5) is 37.7. The summed E-state index contributed by atoms with van der Waals surface area (Å²) in [5.74, 6) is -0.608. The number of nitrogens with zero attached hydrogens (tertiary/aromatic N) is 3. The van der Waals surface area contributed by atoms with Crippen molar-refractivity contribution in [1.82, 2.24) is 10.3 Å². The molecule has 1 N–H and O–H groups in total. The van der Waals surface area contributed by atoms with Crippen LogP contribution in [0, 0.1) is 12.8 Å². The molecule has 0 radical (unpaired) electrons. The van der Waals surface area contributed by atoms with E-state index in [0.717, 1.165) is 28.6 Å². The number of thioether (sulfide) groups is 1. The van der Waals surface area contributed by atoms with Gasteiger partial charge < -0.3 is 10.2 Å². The Morgan fingerprint density at radius 3 is 2.58 bits per heavy atom. The molecule has 0 saturated heterocycles. The zero-order valence-electron chi connectivity index (χ0n) is 15.5. The average Bonchev–Trinajstić information content (AvgIpc) is 3.00. The molecule has 1 aromatic rings. The van der Waals surface area contributed by atoms with Gasteiger partial charge in [-0.1, -0.05) is 31.5 Å². The highest BCUT2D eigenvalue weighted by molar-refractivity contribution is 8.15. The molecule has 138 valence electrons. The van der Waals surface area contributed by atoms with Crippen LogP contribution in [-0.2, 0) is 19.3 Å². The van der Waals surface area contributed by atoms with Gasteiger partial charge >= 0.3 is 0 Å². The second-order valence-corrected chi connectivity index (χ2v) is 8.18. The Balaban J connectivity index is 2.16. The molecule has 0 unspecified atom stereocenters. The smallest absolute Gasteiger partial charge is 0.270 e. The third-order valence-electron chi connectivity index (χ3n) is 4.21. The zero-order chi connectivity index (χ0) is 19.2. The molecule has 0 bridgehead atoms. The first-order chi connectivity index (χ1) is 12.2. The molecule has 1 aromatic carbocycles. The van der Waals surface area contributed by atoms with Crippen LogP contribution in [0.25, 0.3) is 0 Å². The molecule has 2 heterocycles. The van der Waals surface area contributed by atoms with Gasteiger partial charge in [-0.15, -0.1) is 5.10 Å². The molecule has 8 heteroatoms. The number of hydrazone groups is 1. The minimum Gasteiger partial charge on any atom is -0.309 e. The van der Waals surface area contributed by atoms with E-state index < -0.39 is 4.87 Å². The molecule has 1 atom stereocenters. The number of aryl methyl sites for hydroxylation is 1. The maximum atomic E-state index is 13.5. The van der Waals surface area contributed by atoms with Crippen molar-refractivity contribution in [2.45, 2.75) is 39.5 Å². The van der Waals surface area contributed by atoms with E-state index in [2.05, 4.69) is 10.4 Å². The highest BCUT2D eigenvalue weighted by atomic mass is 32.2. The average molecular weight is 374 g/mol. The van der Waals surface area contributed by atoms with Crippen molar-refractivity contribution < 1.29 is 14.4 Å². The lowest BCUT2D eigenvalue weighted by Gasteiger charge is -2.30. The number of fused-ring (bicyclic) bond motifs is 2. The monoisotopic (exact) mass is 374 g/mol. The lowest BCUT2D eigenvalue weighted by Crippen LogP contribution is -2.49. The van der Waals surface area contributed by atoms with Crippen LogP contribution in [0.1, 0.15) is 38.8 Å². The second kappa shape index (κ2) is 6.42. The van der Waals surface area contributed by atoms with Crippen molar-refractivity contribution in [2.75, 3.05) is 11.4 Å². The predicted octanol–water partition coefficient (Wildman–Crippen LogP) is 2.15. The first kappa shape index (κ1) is 18.4. The molecule has 2 aliphatic rings. The number of amidine groups is 1. The zero-order valence-corrected chi connectivity index (χ0v) is 16.3. The molecule has 26 heavy (non-hydrogen) atoms. The Morgan fingerprint density at radius 1 is 1.31 bits per heavy atom. The number of carbonyl (C=O) groups is 3. The van der Waals surface area contributed by atoms with Gasteiger partial charge in [-0.05, 0) is 30.7 Å². The van der Waals surface area contributed by atoms with Crippen molar-refractivity contribution in [1.29, 1.82) is 0 Å². The normalized spacial score (nSPS) is 21.5. The highest BCUT2D eigenvalue weighted by Crippen LogP contribution is 2.54. The summed E-state index contributed by atoms with van der Waals surface area (Å²) in [6.45, 7) is 9.29. The van der Waals surface area contributed by atoms with Gasteiger partial charge in [-0.25, -0.2) is 0 Å². The van der Waals surface area contributed by atoms with Crippen LogP contribution >= 0.6 is 11.8 Å². The molecule has 0 aliphatic carbocycles. The van der Waals surface area contributed by atoms with E-state index >= 15 is 0 Å². The molecule has 2 aliphatic heterocycles. The van der Waals surface area contributed by atoms with Gasteiger partial charge in [0.1, 0.15) is 0 Å². The predicted molar refractivity (Wildman–Crippen MR) is 101 cm³/mol. The fourth-order valence-electron chi connectivity index (χ4n) is 3.27. The third kappa shape index (κ3) is 2.78. The minimum absolute atomic E-state index is 0.212. The van der Waals surface area contributed by atoms with Gasteiger partial charge in [0.05, 0.1) is 5.69 Å². The van der Waals surface area contributed by atoms with Crippen molar-refractivity contribution >= 4 is 40.3 Å². The van der Waals surface area contributed by atoms with Crippen LogP contribution < -0.4 is 10.2 Å². The van der Waals surface area contributed by atoms with Gasteiger partial charge in [-0.2, -0.15) is 5.01 Å². The summed E-state index contributed by atoms with van der Waals surface area (Å²) in [6, 6.07) is 5.78. The number of carbonyl (C=O) groups excluding carboxylic acids is 3.